The van der Waals surface area contributed by atoms with Crippen LogP contribution in [0.3, 0.4) is 0 Å². The van der Waals surface area contributed by atoms with Crippen LogP contribution in [0.25, 0.3) is 11.0 Å². The summed E-state index contributed by atoms with van der Waals surface area (Å²) in [4.78, 5) is 33.4. The number of nitrogens with zero attached hydrogens (tertiary/aromatic N) is 2. The van der Waals surface area contributed by atoms with Crippen molar-refractivity contribution in [2.45, 2.75) is 12.8 Å². The lowest BCUT2D eigenvalue weighted by Crippen LogP contribution is -2.07. The number of carbonyl (C=O) groups is 2. The van der Waals surface area contributed by atoms with Gasteiger partial charge in [0.25, 0.3) is 0 Å². The van der Waals surface area contributed by atoms with Crippen LogP contribution >= 0.6 is 0 Å². The van der Waals surface area contributed by atoms with Gasteiger partial charge in [-0.3, -0.25) is 19.6 Å². The molecular weight excluding hydrogens is 367 g/mol. The Morgan fingerprint density at radius 2 is 1.41 bits per heavy atom. The number of aromatic nitrogens is 2. The van der Waals surface area contributed by atoms with E-state index in [0.29, 0.717) is 22.2 Å². The summed E-state index contributed by atoms with van der Waals surface area (Å²) < 4.78 is 13.2. The van der Waals surface area contributed by atoms with Gasteiger partial charge in [0.2, 0.25) is 0 Å². The molecule has 0 aliphatic heterocycles. The lowest BCUT2D eigenvalue weighted by atomic mass is 9.98. The zero-order valence-corrected chi connectivity index (χ0v) is 15.5. The lowest BCUT2D eigenvalue weighted by molar-refractivity contribution is -0.117. The van der Waals surface area contributed by atoms with Gasteiger partial charge in [-0.05, 0) is 41.5 Å². The topological polar surface area (TPSA) is 59.9 Å². The third-order valence-corrected chi connectivity index (χ3v) is 4.64. The van der Waals surface area contributed by atoms with E-state index in [0.717, 1.165) is 11.1 Å². The predicted octanol–water partition coefficient (Wildman–Crippen LogP) is 4.35. The molecule has 0 amide bonds. The maximum atomic E-state index is 13.2. The molecule has 1 heterocycles. The number of rotatable bonds is 6. The number of benzene rings is 3. The molecule has 3 aromatic carbocycles. The minimum absolute atomic E-state index is 0.0113. The van der Waals surface area contributed by atoms with Gasteiger partial charge < -0.3 is 0 Å². The fraction of sp³-hybridized carbons (Fsp3) is 0.0833. The Hall–Kier alpha value is -3.73. The highest BCUT2D eigenvalue weighted by Gasteiger charge is 2.12. The molecule has 0 saturated carbocycles. The summed E-state index contributed by atoms with van der Waals surface area (Å²) in [7, 11) is 0. The zero-order chi connectivity index (χ0) is 20.2. The summed E-state index contributed by atoms with van der Waals surface area (Å²) in [5.41, 5.74) is 3.94. The first-order chi connectivity index (χ1) is 14.1. The number of hydrogen-bond acceptors (Lipinski definition) is 4. The second kappa shape index (κ2) is 8.10. The normalized spacial score (nSPS) is 10.8. The van der Waals surface area contributed by atoms with Crippen molar-refractivity contribution in [2.24, 2.45) is 0 Å². The van der Waals surface area contributed by atoms with Crippen LogP contribution in [0.2, 0.25) is 0 Å². The van der Waals surface area contributed by atoms with Crippen LogP contribution in [0.5, 0.6) is 0 Å². The van der Waals surface area contributed by atoms with Gasteiger partial charge in [-0.1, -0.05) is 36.4 Å². The molecule has 29 heavy (non-hydrogen) atoms. The van der Waals surface area contributed by atoms with Gasteiger partial charge in [0, 0.05) is 36.4 Å². The SMILES string of the molecule is O=C(Cc1ccc(C(=O)c2ccc3nccnc3c2)cc1)Cc1cccc(F)c1. The van der Waals surface area contributed by atoms with Gasteiger partial charge in [0.1, 0.15) is 11.6 Å². The number of hydrogen-bond donors (Lipinski definition) is 0. The Labute approximate surface area is 167 Å². The molecule has 4 aromatic rings. The van der Waals surface area contributed by atoms with Crippen LogP contribution in [-0.4, -0.2) is 21.5 Å². The van der Waals surface area contributed by atoms with E-state index in [1.807, 2.05) is 0 Å². The van der Waals surface area contributed by atoms with E-state index >= 15 is 0 Å². The Morgan fingerprint density at radius 3 is 2.17 bits per heavy atom. The van der Waals surface area contributed by atoms with Crippen molar-refractivity contribution in [1.82, 2.24) is 9.97 Å². The van der Waals surface area contributed by atoms with Gasteiger partial charge in [-0.2, -0.15) is 0 Å². The number of Topliss-reactive ketones (excluding diaryl/α,β-unsaturated/α-hetero) is 1. The average molecular weight is 384 g/mol. The number of fused-ring (bicyclic) bond motifs is 1. The first-order valence-electron chi connectivity index (χ1n) is 9.19. The third-order valence-electron chi connectivity index (χ3n) is 4.64. The first-order valence-corrected chi connectivity index (χ1v) is 9.19. The first kappa shape index (κ1) is 18.6. The van der Waals surface area contributed by atoms with E-state index in [2.05, 4.69) is 9.97 Å². The fourth-order valence-electron chi connectivity index (χ4n) is 3.21. The quantitative estimate of drug-likeness (QED) is 0.464. The predicted molar refractivity (Wildman–Crippen MR) is 108 cm³/mol. The van der Waals surface area contributed by atoms with Crippen molar-refractivity contribution in [3.05, 3.63) is 107 Å². The van der Waals surface area contributed by atoms with E-state index in [4.69, 9.17) is 0 Å². The lowest BCUT2D eigenvalue weighted by Gasteiger charge is -2.05. The largest absolute Gasteiger partial charge is 0.299 e. The molecule has 0 atom stereocenters. The van der Waals surface area contributed by atoms with E-state index in [9.17, 15) is 14.0 Å². The van der Waals surface area contributed by atoms with Crippen molar-refractivity contribution in [2.75, 3.05) is 0 Å². The monoisotopic (exact) mass is 384 g/mol. The Bertz CT molecular complexity index is 1200. The maximum absolute atomic E-state index is 13.2. The molecular formula is C24H17FN2O2. The van der Waals surface area contributed by atoms with Gasteiger partial charge in [-0.15, -0.1) is 0 Å². The van der Waals surface area contributed by atoms with Crippen LogP contribution in [0, 0.1) is 5.82 Å². The summed E-state index contributed by atoms with van der Waals surface area (Å²) in [6.07, 6.45) is 3.61. The highest BCUT2D eigenvalue weighted by atomic mass is 19.1. The third kappa shape index (κ3) is 4.41. The van der Waals surface area contributed by atoms with Gasteiger partial charge in [-0.25, -0.2) is 4.39 Å². The Balaban J connectivity index is 1.45. The van der Waals surface area contributed by atoms with E-state index in [-0.39, 0.29) is 30.2 Å². The summed E-state index contributed by atoms with van der Waals surface area (Å²) in [6.45, 7) is 0. The minimum atomic E-state index is -0.349. The van der Waals surface area contributed by atoms with E-state index in [1.54, 1.807) is 67.0 Å². The average Bonchev–Trinajstić information content (AvgIpc) is 2.73. The molecule has 0 aliphatic rings. The van der Waals surface area contributed by atoms with Crippen molar-refractivity contribution in [3.63, 3.8) is 0 Å². The Morgan fingerprint density at radius 1 is 0.724 bits per heavy atom. The number of ketones is 2. The molecule has 0 spiro atoms. The summed E-state index contributed by atoms with van der Waals surface area (Å²) in [5, 5.41) is 0. The van der Waals surface area contributed by atoms with E-state index < -0.39 is 0 Å². The van der Waals surface area contributed by atoms with Gasteiger partial charge in [0.05, 0.1) is 11.0 Å². The van der Waals surface area contributed by atoms with E-state index in [1.165, 1.54) is 12.1 Å². The molecule has 0 aliphatic carbocycles. The molecule has 0 N–H and O–H groups in total. The highest BCUT2D eigenvalue weighted by molar-refractivity contribution is 6.10. The van der Waals surface area contributed by atoms with Crippen LogP contribution in [0.15, 0.2) is 79.1 Å². The molecule has 4 rings (SSSR count). The summed E-state index contributed by atoms with van der Waals surface area (Å²) in [5.74, 6) is -0.476. The number of carbonyl (C=O) groups excluding carboxylic acids is 2. The second-order valence-electron chi connectivity index (χ2n) is 6.81. The molecule has 0 bridgehead atoms. The molecule has 0 fully saturated rings. The maximum Gasteiger partial charge on any atom is 0.193 e. The van der Waals surface area contributed by atoms with Gasteiger partial charge in [0.15, 0.2) is 5.78 Å². The van der Waals surface area contributed by atoms with Crippen molar-refractivity contribution < 1.29 is 14.0 Å². The van der Waals surface area contributed by atoms with Crippen molar-refractivity contribution in [3.8, 4) is 0 Å². The minimum Gasteiger partial charge on any atom is -0.299 e. The van der Waals surface area contributed by atoms with Crippen molar-refractivity contribution in [1.29, 1.82) is 0 Å². The molecule has 4 nitrogen and oxygen atoms in total. The standard InChI is InChI=1S/C24H17FN2O2/c25-20-3-1-2-17(12-20)14-21(28)13-16-4-6-18(7-5-16)24(29)19-8-9-22-23(15-19)27-11-10-26-22/h1-12,15H,13-14H2. The fourth-order valence-corrected chi connectivity index (χ4v) is 3.21. The molecule has 0 unspecified atom stereocenters. The molecule has 0 radical (unpaired) electrons. The smallest absolute Gasteiger partial charge is 0.193 e. The highest BCUT2D eigenvalue weighted by Crippen LogP contribution is 2.16. The molecule has 5 heteroatoms. The van der Waals surface area contributed by atoms with Crippen LogP contribution in [0.1, 0.15) is 27.0 Å². The number of halogens is 1. The molecule has 0 saturated heterocycles. The van der Waals surface area contributed by atoms with Crippen LogP contribution < -0.4 is 0 Å². The second-order valence-corrected chi connectivity index (χ2v) is 6.81. The van der Waals surface area contributed by atoms with Crippen molar-refractivity contribution >= 4 is 22.6 Å². The molecule has 142 valence electrons. The summed E-state index contributed by atoms with van der Waals surface area (Å²) >= 11 is 0. The summed E-state index contributed by atoms with van der Waals surface area (Å²) in [6, 6.07) is 18.3. The zero-order valence-electron chi connectivity index (χ0n) is 15.5. The van der Waals surface area contributed by atoms with Gasteiger partial charge >= 0.3 is 0 Å². The Kier molecular flexibility index (Phi) is 5.20. The van der Waals surface area contributed by atoms with Crippen LogP contribution in [0.4, 0.5) is 4.39 Å². The van der Waals surface area contributed by atoms with Crippen LogP contribution in [-0.2, 0) is 17.6 Å². The molecule has 1 aromatic heterocycles.